The van der Waals surface area contributed by atoms with Crippen LogP contribution in [0.15, 0.2) is 22.7 Å². The minimum absolute atomic E-state index is 0.193. The largest absolute Gasteiger partial charge is 0.295 e. The van der Waals surface area contributed by atoms with E-state index >= 15 is 0 Å². The first-order chi connectivity index (χ1) is 8.22. The molecule has 0 N–H and O–H groups in total. The molecule has 0 unspecified atom stereocenters. The van der Waals surface area contributed by atoms with Gasteiger partial charge in [0.2, 0.25) is 0 Å². The van der Waals surface area contributed by atoms with Gasteiger partial charge in [0.15, 0.2) is 0 Å². The van der Waals surface area contributed by atoms with Crippen LogP contribution < -0.4 is 0 Å². The van der Waals surface area contributed by atoms with Gasteiger partial charge < -0.3 is 0 Å². The van der Waals surface area contributed by atoms with Crippen LogP contribution in [-0.4, -0.2) is 23.4 Å². The zero-order valence-corrected chi connectivity index (χ0v) is 12.0. The van der Waals surface area contributed by atoms with Crippen LogP contribution in [0.5, 0.6) is 0 Å². The molecule has 2 rings (SSSR count). The lowest BCUT2D eigenvalue weighted by atomic mass is 9.91. The second kappa shape index (κ2) is 6.17. The average molecular weight is 321 g/mol. The molecule has 0 aromatic heterocycles. The van der Waals surface area contributed by atoms with Crippen LogP contribution in [0, 0.1) is 5.82 Å². The molecule has 1 aliphatic rings. The Morgan fingerprint density at radius 2 is 2.18 bits per heavy atom. The van der Waals surface area contributed by atoms with E-state index < -0.39 is 0 Å². The Morgan fingerprint density at radius 3 is 2.76 bits per heavy atom. The summed E-state index contributed by atoms with van der Waals surface area (Å²) in [6.45, 7) is 1.64. The summed E-state index contributed by atoms with van der Waals surface area (Å²) in [5, 5.41) is 0. The summed E-state index contributed by atoms with van der Waals surface area (Å²) in [6, 6.07) is 5.83. The molecule has 0 radical (unpaired) electrons. The molecular formula is C13H16BrClFN. The first kappa shape index (κ1) is 13.3. The second-order valence-electron chi connectivity index (χ2n) is 4.46. The lowest BCUT2D eigenvalue weighted by Crippen LogP contribution is -2.40. The SMILES string of the molecule is Fc1cccc(CN(CCCl)C2CCC2)c1Br. The Morgan fingerprint density at radius 1 is 1.41 bits per heavy atom. The summed E-state index contributed by atoms with van der Waals surface area (Å²) in [7, 11) is 0. The summed E-state index contributed by atoms with van der Waals surface area (Å²) < 4.78 is 14.0. The third-order valence-electron chi connectivity index (χ3n) is 3.37. The molecule has 0 saturated heterocycles. The van der Waals surface area contributed by atoms with Crippen LogP contribution in [0.3, 0.4) is 0 Å². The number of alkyl halides is 1. The summed E-state index contributed by atoms with van der Waals surface area (Å²) in [5.74, 6) is 0.436. The Hall–Kier alpha value is -0.120. The first-order valence-electron chi connectivity index (χ1n) is 5.95. The zero-order chi connectivity index (χ0) is 12.3. The lowest BCUT2D eigenvalue weighted by Gasteiger charge is -2.37. The van der Waals surface area contributed by atoms with Gasteiger partial charge >= 0.3 is 0 Å². The van der Waals surface area contributed by atoms with Gasteiger partial charge in [-0.1, -0.05) is 18.6 Å². The Labute approximate surface area is 115 Å². The Balaban J connectivity index is 2.08. The molecule has 0 bridgehead atoms. The summed E-state index contributed by atoms with van der Waals surface area (Å²) in [5.41, 5.74) is 1.00. The second-order valence-corrected chi connectivity index (χ2v) is 5.63. The molecule has 1 aromatic carbocycles. The van der Waals surface area contributed by atoms with E-state index in [1.807, 2.05) is 6.07 Å². The van der Waals surface area contributed by atoms with Crippen molar-refractivity contribution in [1.29, 1.82) is 0 Å². The highest BCUT2D eigenvalue weighted by Crippen LogP contribution is 2.28. The maximum Gasteiger partial charge on any atom is 0.137 e. The summed E-state index contributed by atoms with van der Waals surface area (Å²) >= 11 is 9.15. The van der Waals surface area contributed by atoms with Gasteiger partial charge in [-0.25, -0.2) is 4.39 Å². The zero-order valence-electron chi connectivity index (χ0n) is 9.63. The number of nitrogens with zero attached hydrogens (tertiary/aromatic N) is 1. The fourth-order valence-electron chi connectivity index (χ4n) is 2.14. The molecule has 4 heteroatoms. The van der Waals surface area contributed by atoms with Crippen LogP contribution in [-0.2, 0) is 6.54 Å². The highest BCUT2D eigenvalue weighted by Gasteiger charge is 2.25. The number of hydrogen-bond acceptors (Lipinski definition) is 1. The van der Waals surface area contributed by atoms with Crippen molar-refractivity contribution < 1.29 is 4.39 Å². The van der Waals surface area contributed by atoms with Gasteiger partial charge in [0.25, 0.3) is 0 Å². The molecule has 0 heterocycles. The summed E-state index contributed by atoms with van der Waals surface area (Å²) in [4.78, 5) is 2.36. The van der Waals surface area contributed by atoms with E-state index in [9.17, 15) is 4.39 Å². The normalized spacial score (nSPS) is 16.2. The van der Waals surface area contributed by atoms with E-state index in [1.54, 1.807) is 6.07 Å². The average Bonchev–Trinajstić information content (AvgIpc) is 2.22. The van der Waals surface area contributed by atoms with Crippen molar-refractivity contribution in [2.45, 2.75) is 31.8 Å². The molecule has 0 spiro atoms. The maximum atomic E-state index is 13.4. The number of rotatable bonds is 5. The Bertz CT molecular complexity index is 382. The third-order valence-corrected chi connectivity index (χ3v) is 4.42. The molecule has 1 nitrogen and oxygen atoms in total. The molecule has 1 fully saturated rings. The van der Waals surface area contributed by atoms with Crippen molar-refractivity contribution in [2.75, 3.05) is 12.4 Å². The van der Waals surface area contributed by atoms with Crippen molar-refractivity contribution in [3.63, 3.8) is 0 Å². The fourth-order valence-corrected chi connectivity index (χ4v) is 2.75. The smallest absolute Gasteiger partial charge is 0.137 e. The molecule has 1 aromatic rings. The van der Waals surface area contributed by atoms with Gasteiger partial charge in [0.05, 0.1) is 4.47 Å². The van der Waals surface area contributed by atoms with Crippen molar-refractivity contribution in [1.82, 2.24) is 4.90 Å². The van der Waals surface area contributed by atoms with Crippen LogP contribution in [0.1, 0.15) is 24.8 Å². The van der Waals surface area contributed by atoms with Gasteiger partial charge in [-0.3, -0.25) is 4.90 Å². The van der Waals surface area contributed by atoms with Gasteiger partial charge in [-0.15, -0.1) is 11.6 Å². The highest BCUT2D eigenvalue weighted by atomic mass is 79.9. The standard InChI is InChI=1S/C13H16BrClFN/c14-13-10(3-1-6-12(13)16)9-17(8-7-15)11-4-2-5-11/h1,3,6,11H,2,4-5,7-9H2. The Kier molecular flexibility index (Phi) is 4.83. The third kappa shape index (κ3) is 3.21. The van der Waals surface area contributed by atoms with E-state index in [0.29, 0.717) is 16.4 Å². The summed E-state index contributed by atoms with van der Waals surface area (Å²) in [6.07, 6.45) is 3.78. The molecule has 94 valence electrons. The topological polar surface area (TPSA) is 3.24 Å². The minimum Gasteiger partial charge on any atom is -0.295 e. The molecular weight excluding hydrogens is 305 g/mol. The van der Waals surface area contributed by atoms with E-state index in [2.05, 4.69) is 20.8 Å². The van der Waals surface area contributed by atoms with Crippen LogP contribution >= 0.6 is 27.5 Å². The molecule has 0 amide bonds. The predicted molar refractivity (Wildman–Crippen MR) is 72.9 cm³/mol. The lowest BCUT2D eigenvalue weighted by molar-refractivity contribution is 0.127. The van der Waals surface area contributed by atoms with Gasteiger partial charge in [-0.2, -0.15) is 0 Å². The van der Waals surface area contributed by atoms with Gasteiger partial charge in [-0.05, 0) is 40.4 Å². The van der Waals surface area contributed by atoms with E-state index in [-0.39, 0.29) is 5.82 Å². The minimum atomic E-state index is -0.193. The molecule has 1 aliphatic carbocycles. The molecule has 0 aliphatic heterocycles. The first-order valence-corrected chi connectivity index (χ1v) is 7.28. The van der Waals surface area contributed by atoms with Crippen LogP contribution in [0.4, 0.5) is 4.39 Å². The van der Waals surface area contributed by atoms with E-state index in [0.717, 1.165) is 18.7 Å². The number of halogens is 3. The van der Waals surface area contributed by atoms with Crippen molar-refractivity contribution in [3.8, 4) is 0 Å². The molecule has 1 saturated carbocycles. The van der Waals surface area contributed by atoms with Crippen LogP contribution in [0.25, 0.3) is 0 Å². The number of benzene rings is 1. The van der Waals surface area contributed by atoms with Crippen molar-refractivity contribution in [3.05, 3.63) is 34.1 Å². The molecule has 17 heavy (non-hydrogen) atoms. The monoisotopic (exact) mass is 319 g/mol. The van der Waals surface area contributed by atoms with Crippen LogP contribution in [0.2, 0.25) is 0 Å². The highest BCUT2D eigenvalue weighted by molar-refractivity contribution is 9.10. The van der Waals surface area contributed by atoms with Crippen molar-refractivity contribution in [2.24, 2.45) is 0 Å². The fraction of sp³-hybridized carbons (Fsp3) is 0.538. The number of hydrogen-bond donors (Lipinski definition) is 0. The van der Waals surface area contributed by atoms with Gasteiger partial charge in [0, 0.05) is 25.0 Å². The molecule has 0 atom stereocenters. The van der Waals surface area contributed by atoms with Crippen molar-refractivity contribution >= 4 is 27.5 Å². The van der Waals surface area contributed by atoms with E-state index in [1.165, 1.54) is 25.3 Å². The van der Waals surface area contributed by atoms with E-state index in [4.69, 9.17) is 11.6 Å². The predicted octanol–water partition coefficient (Wildman–Crippen LogP) is 4.18. The quantitative estimate of drug-likeness (QED) is 0.736. The maximum absolute atomic E-state index is 13.4. The van der Waals surface area contributed by atoms with Gasteiger partial charge in [0.1, 0.15) is 5.82 Å².